The first-order chi connectivity index (χ1) is 8.77. The molecule has 0 spiro atoms. The van der Waals surface area contributed by atoms with Gasteiger partial charge < -0.3 is 14.6 Å². The monoisotopic (exact) mass is 250 g/mol. The molecule has 1 aliphatic rings. The number of pyridine rings is 1. The van der Waals surface area contributed by atoms with Gasteiger partial charge in [-0.05, 0) is 25.0 Å². The second-order valence-electron chi connectivity index (χ2n) is 4.45. The summed E-state index contributed by atoms with van der Waals surface area (Å²) < 4.78 is 5.26. The van der Waals surface area contributed by atoms with Crippen LogP contribution in [0.3, 0.4) is 0 Å². The average Bonchev–Trinajstić information content (AvgIpc) is 2.66. The molecular weight excluding hydrogens is 232 g/mol. The molecule has 2 rings (SSSR count). The van der Waals surface area contributed by atoms with Gasteiger partial charge in [-0.1, -0.05) is 12.8 Å². The fourth-order valence-electron chi connectivity index (χ4n) is 2.07. The van der Waals surface area contributed by atoms with Crippen molar-refractivity contribution in [3.05, 3.63) is 28.7 Å². The van der Waals surface area contributed by atoms with E-state index in [4.69, 9.17) is 4.74 Å². The zero-order valence-electron chi connectivity index (χ0n) is 10.4. The summed E-state index contributed by atoms with van der Waals surface area (Å²) >= 11 is 0. The molecule has 0 aliphatic carbocycles. The molecule has 1 aliphatic heterocycles. The number of carbonyl (C=O) groups is 1. The molecule has 0 aromatic carbocycles. The number of likely N-dealkylation sites (tertiary alicyclic amines) is 1. The first-order valence-electron chi connectivity index (χ1n) is 6.35. The van der Waals surface area contributed by atoms with Crippen LogP contribution in [0.15, 0.2) is 23.1 Å². The van der Waals surface area contributed by atoms with Gasteiger partial charge in [0.1, 0.15) is 0 Å². The Morgan fingerprint density at radius 2 is 2.00 bits per heavy atom. The molecule has 1 saturated heterocycles. The van der Waals surface area contributed by atoms with Gasteiger partial charge in [0.2, 0.25) is 0 Å². The molecule has 0 radical (unpaired) electrons. The Balaban J connectivity index is 1.88. The van der Waals surface area contributed by atoms with Crippen LogP contribution in [0.1, 0.15) is 25.7 Å². The van der Waals surface area contributed by atoms with Crippen molar-refractivity contribution < 1.29 is 9.53 Å². The number of aromatic nitrogens is 1. The van der Waals surface area contributed by atoms with Crippen molar-refractivity contribution >= 4 is 5.91 Å². The van der Waals surface area contributed by atoms with E-state index in [9.17, 15) is 9.59 Å². The van der Waals surface area contributed by atoms with E-state index in [2.05, 4.69) is 4.98 Å². The highest BCUT2D eigenvalue weighted by atomic mass is 16.5. The molecule has 18 heavy (non-hydrogen) atoms. The highest BCUT2D eigenvalue weighted by molar-refractivity contribution is 5.77. The summed E-state index contributed by atoms with van der Waals surface area (Å²) in [5.41, 5.74) is -0.304. The summed E-state index contributed by atoms with van der Waals surface area (Å²) in [6.45, 7) is 1.54. The van der Waals surface area contributed by atoms with Gasteiger partial charge >= 0.3 is 0 Å². The largest absolute Gasteiger partial charge is 0.478 e. The Morgan fingerprint density at radius 3 is 2.67 bits per heavy atom. The fraction of sp³-hybridized carbons (Fsp3) is 0.538. The topological polar surface area (TPSA) is 62.4 Å². The lowest BCUT2D eigenvalue weighted by molar-refractivity contribution is -0.133. The number of aromatic amines is 1. The number of H-pyrrole nitrogens is 1. The lowest BCUT2D eigenvalue weighted by Crippen LogP contribution is -2.36. The van der Waals surface area contributed by atoms with Crippen molar-refractivity contribution in [1.82, 2.24) is 9.88 Å². The molecular formula is C13H18N2O3. The van der Waals surface area contributed by atoms with Crippen LogP contribution in [0.2, 0.25) is 0 Å². The molecule has 0 atom stereocenters. The molecule has 0 saturated carbocycles. The number of hydrogen-bond acceptors (Lipinski definition) is 3. The summed E-state index contributed by atoms with van der Waals surface area (Å²) in [6, 6.07) is 3.24. The third-order valence-electron chi connectivity index (χ3n) is 3.09. The fourth-order valence-corrected chi connectivity index (χ4v) is 2.07. The van der Waals surface area contributed by atoms with Gasteiger partial charge in [-0.3, -0.25) is 9.59 Å². The first-order valence-corrected chi connectivity index (χ1v) is 6.35. The Labute approximate surface area is 106 Å². The lowest BCUT2D eigenvalue weighted by atomic mass is 10.2. The number of nitrogens with zero attached hydrogens (tertiary/aromatic N) is 1. The minimum atomic E-state index is -0.304. The maximum absolute atomic E-state index is 11.9. The van der Waals surface area contributed by atoms with Crippen LogP contribution in [0.4, 0.5) is 0 Å². The van der Waals surface area contributed by atoms with E-state index in [0.717, 1.165) is 25.9 Å². The summed E-state index contributed by atoms with van der Waals surface area (Å²) in [7, 11) is 0. The van der Waals surface area contributed by atoms with Gasteiger partial charge in [0, 0.05) is 19.3 Å². The molecule has 1 aromatic heterocycles. The molecule has 1 N–H and O–H groups in total. The van der Waals surface area contributed by atoms with E-state index in [-0.39, 0.29) is 23.8 Å². The normalized spacial score (nSPS) is 16.1. The Kier molecular flexibility index (Phi) is 4.39. The van der Waals surface area contributed by atoms with Gasteiger partial charge in [-0.15, -0.1) is 0 Å². The predicted octanol–water partition coefficient (Wildman–Crippen LogP) is 1.16. The smallest absolute Gasteiger partial charge is 0.290 e. The molecule has 1 fully saturated rings. The highest BCUT2D eigenvalue weighted by Crippen LogP contribution is 2.10. The lowest BCUT2D eigenvalue weighted by Gasteiger charge is -2.20. The number of nitrogens with one attached hydrogen (secondary N) is 1. The van der Waals surface area contributed by atoms with Crippen molar-refractivity contribution in [1.29, 1.82) is 0 Å². The van der Waals surface area contributed by atoms with Crippen LogP contribution >= 0.6 is 0 Å². The SMILES string of the molecule is O=C(COc1ccc[nH]c1=O)N1CCCCCC1. The predicted molar refractivity (Wildman–Crippen MR) is 67.6 cm³/mol. The number of ether oxygens (including phenoxy) is 1. The van der Waals surface area contributed by atoms with E-state index in [1.807, 2.05) is 4.90 Å². The van der Waals surface area contributed by atoms with Crippen LogP contribution in [-0.4, -0.2) is 35.5 Å². The zero-order chi connectivity index (χ0) is 12.8. The Bertz CT molecular complexity index is 448. The van der Waals surface area contributed by atoms with Crippen LogP contribution in [0.5, 0.6) is 5.75 Å². The molecule has 0 bridgehead atoms. The number of rotatable bonds is 3. The molecule has 1 amide bonds. The van der Waals surface area contributed by atoms with E-state index < -0.39 is 0 Å². The Morgan fingerprint density at radius 1 is 1.28 bits per heavy atom. The number of hydrogen-bond donors (Lipinski definition) is 1. The maximum atomic E-state index is 11.9. The summed E-state index contributed by atoms with van der Waals surface area (Å²) in [4.78, 5) is 27.6. The van der Waals surface area contributed by atoms with Crippen molar-refractivity contribution in [2.75, 3.05) is 19.7 Å². The van der Waals surface area contributed by atoms with E-state index in [1.54, 1.807) is 12.1 Å². The van der Waals surface area contributed by atoms with Crippen molar-refractivity contribution in [3.63, 3.8) is 0 Å². The van der Waals surface area contributed by atoms with Crippen molar-refractivity contribution in [2.45, 2.75) is 25.7 Å². The van der Waals surface area contributed by atoms with E-state index in [0.29, 0.717) is 0 Å². The quantitative estimate of drug-likeness (QED) is 0.875. The first kappa shape index (κ1) is 12.7. The molecule has 98 valence electrons. The van der Waals surface area contributed by atoms with Crippen LogP contribution < -0.4 is 10.3 Å². The van der Waals surface area contributed by atoms with Gasteiger partial charge in [0.15, 0.2) is 12.4 Å². The highest BCUT2D eigenvalue weighted by Gasteiger charge is 2.16. The second-order valence-corrected chi connectivity index (χ2v) is 4.45. The van der Waals surface area contributed by atoms with Crippen LogP contribution in [0, 0.1) is 0 Å². The van der Waals surface area contributed by atoms with Crippen LogP contribution in [0.25, 0.3) is 0 Å². The van der Waals surface area contributed by atoms with Crippen molar-refractivity contribution in [2.24, 2.45) is 0 Å². The van der Waals surface area contributed by atoms with Gasteiger partial charge in [0.05, 0.1) is 0 Å². The molecule has 2 heterocycles. The summed E-state index contributed by atoms with van der Waals surface area (Å²) in [5, 5.41) is 0. The third kappa shape index (κ3) is 3.35. The van der Waals surface area contributed by atoms with Crippen LogP contribution in [-0.2, 0) is 4.79 Å². The van der Waals surface area contributed by atoms with Crippen molar-refractivity contribution in [3.8, 4) is 5.75 Å². The van der Waals surface area contributed by atoms with Gasteiger partial charge in [0.25, 0.3) is 11.5 Å². The second kappa shape index (κ2) is 6.23. The number of amides is 1. The Hall–Kier alpha value is -1.78. The standard InChI is InChI=1S/C13H18N2O3/c16-12(15-8-3-1-2-4-9-15)10-18-11-6-5-7-14-13(11)17/h5-7H,1-4,8-10H2,(H,14,17). The maximum Gasteiger partial charge on any atom is 0.290 e. The molecule has 5 nitrogen and oxygen atoms in total. The molecule has 1 aromatic rings. The van der Waals surface area contributed by atoms with E-state index >= 15 is 0 Å². The minimum absolute atomic E-state index is 0.0415. The van der Waals surface area contributed by atoms with E-state index in [1.165, 1.54) is 19.0 Å². The van der Waals surface area contributed by atoms with Gasteiger partial charge in [-0.2, -0.15) is 0 Å². The minimum Gasteiger partial charge on any atom is -0.478 e. The number of carbonyl (C=O) groups excluding carboxylic acids is 1. The average molecular weight is 250 g/mol. The molecule has 5 heteroatoms. The summed E-state index contributed by atoms with van der Waals surface area (Å²) in [6.07, 6.45) is 6.01. The zero-order valence-corrected chi connectivity index (χ0v) is 10.4. The van der Waals surface area contributed by atoms with Gasteiger partial charge in [-0.25, -0.2) is 0 Å². The summed E-state index contributed by atoms with van der Waals surface area (Å²) in [5.74, 6) is 0.154. The third-order valence-corrected chi connectivity index (χ3v) is 3.09. The molecule has 0 unspecified atom stereocenters.